The Kier molecular flexibility index (Phi) is 5.28. The minimum atomic E-state index is -3.86. The van der Waals surface area contributed by atoms with Gasteiger partial charge in [-0.25, -0.2) is 17.5 Å². The summed E-state index contributed by atoms with van der Waals surface area (Å²) >= 11 is 0. The maximum atomic E-state index is 13.5. The van der Waals surface area contributed by atoms with Crippen molar-refractivity contribution in [1.82, 2.24) is 10.0 Å². The van der Waals surface area contributed by atoms with E-state index in [2.05, 4.69) is 10.0 Å². The molecule has 0 bridgehead atoms. The molecule has 2 rings (SSSR count). The number of hydrogen-bond donors (Lipinski definition) is 2. The fraction of sp³-hybridized carbons (Fsp3) is 0.500. The molecule has 7 heteroatoms. The van der Waals surface area contributed by atoms with Crippen LogP contribution in [0.15, 0.2) is 23.1 Å². The van der Waals surface area contributed by atoms with Gasteiger partial charge in [0.15, 0.2) is 0 Å². The van der Waals surface area contributed by atoms with E-state index in [0.29, 0.717) is 5.92 Å². The molecule has 0 aliphatic carbocycles. The van der Waals surface area contributed by atoms with Gasteiger partial charge in [-0.2, -0.15) is 5.26 Å². The number of nitrogens with zero attached hydrogens (tertiary/aromatic N) is 1. The van der Waals surface area contributed by atoms with Gasteiger partial charge in [0.25, 0.3) is 0 Å². The predicted molar refractivity (Wildman–Crippen MR) is 76.5 cm³/mol. The SMILES string of the molecule is N#Cc1c(F)cccc1S(=O)(=O)NCCC1CCCNC1. The van der Waals surface area contributed by atoms with Gasteiger partial charge in [0.1, 0.15) is 22.3 Å². The molecule has 1 fully saturated rings. The van der Waals surface area contributed by atoms with Gasteiger partial charge in [0, 0.05) is 6.54 Å². The van der Waals surface area contributed by atoms with E-state index in [1.807, 2.05) is 0 Å². The Morgan fingerprint density at radius 1 is 1.48 bits per heavy atom. The molecule has 1 atom stereocenters. The van der Waals surface area contributed by atoms with Crippen LogP contribution in [0.2, 0.25) is 0 Å². The Bertz CT molecular complexity index is 634. The van der Waals surface area contributed by atoms with Crippen LogP contribution < -0.4 is 10.0 Å². The Hall–Kier alpha value is -1.49. The first-order valence-corrected chi connectivity index (χ1v) is 8.42. The highest BCUT2D eigenvalue weighted by Gasteiger charge is 2.21. The molecule has 1 aliphatic heterocycles. The second-order valence-electron chi connectivity index (χ2n) is 5.12. The van der Waals surface area contributed by atoms with Gasteiger partial charge in [0.2, 0.25) is 10.0 Å². The van der Waals surface area contributed by atoms with Gasteiger partial charge in [0.05, 0.1) is 0 Å². The quantitative estimate of drug-likeness (QED) is 0.860. The lowest BCUT2D eigenvalue weighted by atomic mass is 9.96. The lowest BCUT2D eigenvalue weighted by Crippen LogP contribution is -2.33. The van der Waals surface area contributed by atoms with Crippen LogP contribution in [0, 0.1) is 23.1 Å². The fourth-order valence-electron chi connectivity index (χ4n) is 2.48. The van der Waals surface area contributed by atoms with Crippen LogP contribution in [0.3, 0.4) is 0 Å². The number of nitriles is 1. The summed E-state index contributed by atoms with van der Waals surface area (Å²) in [6, 6.07) is 5.21. The largest absolute Gasteiger partial charge is 0.316 e. The van der Waals surface area contributed by atoms with Gasteiger partial charge in [-0.3, -0.25) is 0 Å². The number of benzene rings is 1. The Morgan fingerprint density at radius 2 is 2.29 bits per heavy atom. The van der Waals surface area contributed by atoms with Crippen molar-refractivity contribution in [3.8, 4) is 6.07 Å². The zero-order valence-corrected chi connectivity index (χ0v) is 12.4. The van der Waals surface area contributed by atoms with Crippen molar-refractivity contribution in [2.45, 2.75) is 24.2 Å². The topological polar surface area (TPSA) is 82.0 Å². The highest BCUT2D eigenvalue weighted by Crippen LogP contribution is 2.18. The third kappa shape index (κ3) is 4.00. The van der Waals surface area contributed by atoms with Gasteiger partial charge >= 0.3 is 0 Å². The number of piperidine rings is 1. The molecule has 0 spiro atoms. The van der Waals surface area contributed by atoms with Crippen molar-refractivity contribution >= 4 is 10.0 Å². The van der Waals surface area contributed by atoms with Gasteiger partial charge in [-0.1, -0.05) is 6.07 Å². The van der Waals surface area contributed by atoms with E-state index in [1.165, 1.54) is 12.1 Å². The lowest BCUT2D eigenvalue weighted by Gasteiger charge is -2.22. The molecule has 21 heavy (non-hydrogen) atoms. The van der Waals surface area contributed by atoms with Crippen molar-refractivity contribution in [3.63, 3.8) is 0 Å². The second kappa shape index (κ2) is 6.98. The number of sulfonamides is 1. The average molecular weight is 311 g/mol. The van der Waals surface area contributed by atoms with Crippen molar-refractivity contribution < 1.29 is 12.8 Å². The lowest BCUT2D eigenvalue weighted by molar-refractivity contribution is 0.358. The summed E-state index contributed by atoms with van der Waals surface area (Å²) in [6.07, 6.45) is 2.90. The van der Waals surface area contributed by atoms with Crippen LogP contribution in [0.4, 0.5) is 4.39 Å². The molecule has 1 aromatic rings. The van der Waals surface area contributed by atoms with Crippen LogP contribution in [0.1, 0.15) is 24.8 Å². The van der Waals surface area contributed by atoms with E-state index < -0.39 is 21.4 Å². The molecule has 1 aromatic carbocycles. The van der Waals surface area contributed by atoms with E-state index in [-0.39, 0.29) is 11.4 Å². The van der Waals surface area contributed by atoms with Crippen LogP contribution in [0.25, 0.3) is 0 Å². The first-order valence-electron chi connectivity index (χ1n) is 6.93. The number of nitrogens with one attached hydrogen (secondary N) is 2. The summed E-state index contributed by atoms with van der Waals surface area (Å²) in [5, 5.41) is 12.2. The minimum absolute atomic E-state index is 0.288. The summed E-state index contributed by atoms with van der Waals surface area (Å²) in [5.41, 5.74) is -0.440. The smallest absolute Gasteiger partial charge is 0.241 e. The van der Waals surface area contributed by atoms with Crippen molar-refractivity contribution in [3.05, 3.63) is 29.6 Å². The minimum Gasteiger partial charge on any atom is -0.316 e. The molecule has 1 unspecified atom stereocenters. The Morgan fingerprint density at radius 3 is 2.95 bits per heavy atom. The van der Waals surface area contributed by atoms with Crippen molar-refractivity contribution in [1.29, 1.82) is 5.26 Å². The molecule has 5 nitrogen and oxygen atoms in total. The van der Waals surface area contributed by atoms with Gasteiger partial charge < -0.3 is 5.32 Å². The third-order valence-electron chi connectivity index (χ3n) is 3.62. The monoisotopic (exact) mass is 311 g/mol. The molecular formula is C14H18FN3O2S. The summed E-state index contributed by atoms with van der Waals surface area (Å²) in [5.74, 6) is -0.374. The first kappa shape index (κ1) is 15.9. The number of rotatable bonds is 5. The predicted octanol–water partition coefficient (Wildman–Crippen LogP) is 1.37. The molecule has 1 aliphatic rings. The van der Waals surface area contributed by atoms with Crippen molar-refractivity contribution in [2.75, 3.05) is 19.6 Å². The van der Waals surface area contributed by atoms with Crippen LogP contribution in [-0.4, -0.2) is 28.1 Å². The van der Waals surface area contributed by atoms with Crippen molar-refractivity contribution in [2.24, 2.45) is 5.92 Å². The maximum absolute atomic E-state index is 13.5. The summed E-state index contributed by atoms with van der Waals surface area (Å²) in [4.78, 5) is -0.299. The fourth-order valence-corrected chi connectivity index (χ4v) is 3.69. The molecule has 2 N–H and O–H groups in total. The highest BCUT2D eigenvalue weighted by atomic mass is 32.2. The van der Waals surface area contributed by atoms with E-state index in [4.69, 9.17) is 5.26 Å². The Labute approximate surface area is 124 Å². The molecular weight excluding hydrogens is 293 g/mol. The summed E-state index contributed by atoms with van der Waals surface area (Å²) in [7, 11) is -3.86. The summed E-state index contributed by atoms with van der Waals surface area (Å²) in [6.45, 7) is 2.19. The van der Waals surface area contributed by atoms with E-state index in [9.17, 15) is 12.8 Å². The molecule has 0 radical (unpaired) electrons. The normalized spacial score (nSPS) is 19.1. The van der Waals surface area contributed by atoms with E-state index >= 15 is 0 Å². The average Bonchev–Trinajstić information content (AvgIpc) is 2.48. The molecule has 0 aromatic heterocycles. The molecule has 0 amide bonds. The molecule has 1 heterocycles. The van der Waals surface area contributed by atoms with Gasteiger partial charge in [-0.05, 0) is 50.4 Å². The van der Waals surface area contributed by atoms with E-state index in [0.717, 1.165) is 38.4 Å². The zero-order chi connectivity index (χ0) is 15.3. The Balaban J connectivity index is 2.02. The first-order chi connectivity index (χ1) is 10.0. The highest BCUT2D eigenvalue weighted by molar-refractivity contribution is 7.89. The van der Waals surface area contributed by atoms with Gasteiger partial charge in [-0.15, -0.1) is 0 Å². The van der Waals surface area contributed by atoms with Crippen LogP contribution >= 0.6 is 0 Å². The van der Waals surface area contributed by atoms with E-state index in [1.54, 1.807) is 6.07 Å². The second-order valence-corrected chi connectivity index (χ2v) is 6.86. The maximum Gasteiger partial charge on any atom is 0.241 e. The zero-order valence-electron chi connectivity index (χ0n) is 11.6. The van der Waals surface area contributed by atoms with Crippen LogP contribution in [-0.2, 0) is 10.0 Å². The standard InChI is InChI=1S/C14H18FN3O2S/c15-13-4-1-5-14(12(13)9-16)21(19,20)18-8-6-11-3-2-7-17-10-11/h1,4-5,11,17-18H,2-3,6-8,10H2. The number of hydrogen-bond acceptors (Lipinski definition) is 4. The molecule has 114 valence electrons. The third-order valence-corrected chi connectivity index (χ3v) is 5.12. The molecule has 0 saturated carbocycles. The number of halogens is 1. The summed E-state index contributed by atoms with van der Waals surface area (Å²) < 4.78 is 40.2. The van der Waals surface area contributed by atoms with Crippen LogP contribution in [0.5, 0.6) is 0 Å². The molecule has 1 saturated heterocycles.